The Bertz CT molecular complexity index is 1050. The molecule has 1 N–H and O–H groups in total. The molecule has 0 spiro atoms. The number of halogens is 1. The maximum Gasteiger partial charge on any atom is 0.165 e. The Labute approximate surface area is 182 Å². The van der Waals surface area contributed by atoms with E-state index in [4.69, 9.17) is 4.74 Å². The van der Waals surface area contributed by atoms with Gasteiger partial charge in [-0.1, -0.05) is 24.3 Å². The molecule has 2 aromatic carbocycles. The maximum atomic E-state index is 14.3. The molecular formula is C25H28FN3O2. The number of benzene rings is 2. The molecule has 6 heteroatoms. The summed E-state index contributed by atoms with van der Waals surface area (Å²) in [7, 11) is 0. The molecule has 0 amide bonds. The summed E-state index contributed by atoms with van der Waals surface area (Å²) in [5, 5.41) is 9.78. The van der Waals surface area contributed by atoms with Gasteiger partial charge in [0, 0.05) is 32.0 Å². The minimum atomic E-state index is -0.317. The zero-order valence-corrected chi connectivity index (χ0v) is 17.7. The number of phenolic OH excluding ortho intramolecular Hbond substituents is 1. The van der Waals surface area contributed by atoms with Gasteiger partial charge in [0.1, 0.15) is 17.7 Å². The topological polar surface area (TPSA) is 50.5 Å². The van der Waals surface area contributed by atoms with Gasteiger partial charge >= 0.3 is 0 Å². The Morgan fingerprint density at radius 3 is 2.65 bits per heavy atom. The van der Waals surface area contributed by atoms with Crippen molar-refractivity contribution >= 4 is 0 Å². The van der Waals surface area contributed by atoms with Gasteiger partial charge in [0.05, 0.1) is 6.04 Å². The highest BCUT2D eigenvalue weighted by molar-refractivity contribution is 5.27. The van der Waals surface area contributed by atoms with Crippen LogP contribution >= 0.6 is 0 Å². The Kier molecular flexibility index (Phi) is 5.40. The Hall–Kier alpha value is -2.86. The lowest BCUT2D eigenvalue weighted by molar-refractivity contribution is 0.0509. The number of hydrogen-bond donors (Lipinski definition) is 1. The van der Waals surface area contributed by atoms with E-state index in [-0.39, 0.29) is 18.0 Å². The van der Waals surface area contributed by atoms with E-state index in [9.17, 15) is 9.50 Å². The van der Waals surface area contributed by atoms with Crippen molar-refractivity contribution in [3.05, 3.63) is 78.1 Å². The average molecular weight is 422 g/mol. The lowest BCUT2D eigenvalue weighted by Crippen LogP contribution is -2.40. The first kappa shape index (κ1) is 20.1. The molecular weight excluding hydrogens is 393 g/mol. The third-order valence-corrected chi connectivity index (χ3v) is 6.81. The molecule has 31 heavy (non-hydrogen) atoms. The summed E-state index contributed by atoms with van der Waals surface area (Å²) in [4.78, 5) is 6.88. The van der Waals surface area contributed by atoms with Crippen LogP contribution in [-0.2, 0) is 6.54 Å². The summed E-state index contributed by atoms with van der Waals surface area (Å²) < 4.78 is 22.8. The van der Waals surface area contributed by atoms with E-state index in [1.54, 1.807) is 18.2 Å². The first-order valence-electron chi connectivity index (χ1n) is 11.0. The number of para-hydroxylation sites is 1. The van der Waals surface area contributed by atoms with Crippen molar-refractivity contribution < 1.29 is 14.2 Å². The fraction of sp³-hybridized carbons (Fsp3) is 0.400. The van der Waals surface area contributed by atoms with Crippen molar-refractivity contribution in [1.82, 2.24) is 14.5 Å². The first-order valence-corrected chi connectivity index (χ1v) is 11.0. The number of ether oxygens (including phenoxy) is 1. The third-order valence-electron chi connectivity index (χ3n) is 6.81. The lowest BCUT2D eigenvalue weighted by atomic mass is 9.77. The van der Waals surface area contributed by atoms with Gasteiger partial charge in [-0.3, -0.25) is 4.90 Å². The van der Waals surface area contributed by atoms with Crippen molar-refractivity contribution in [2.45, 2.75) is 38.5 Å². The van der Waals surface area contributed by atoms with E-state index < -0.39 is 0 Å². The van der Waals surface area contributed by atoms with Crippen molar-refractivity contribution in [2.75, 3.05) is 13.1 Å². The average Bonchev–Trinajstić information content (AvgIpc) is 3.34. The second-order valence-corrected chi connectivity index (χ2v) is 8.89. The molecule has 2 aliphatic rings. The summed E-state index contributed by atoms with van der Waals surface area (Å²) in [6, 6.07) is 14.3. The van der Waals surface area contributed by atoms with Gasteiger partial charge in [0.25, 0.3) is 0 Å². The number of likely N-dealkylation sites (tertiary alicyclic amines) is 1. The van der Waals surface area contributed by atoms with E-state index in [1.165, 1.54) is 6.07 Å². The van der Waals surface area contributed by atoms with Gasteiger partial charge in [-0.05, 0) is 61.4 Å². The number of hydrogen-bond acceptors (Lipinski definition) is 4. The van der Waals surface area contributed by atoms with Crippen LogP contribution in [0.5, 0.6) is 11.5 Å². The van der Waals surface area contributed by atoms with Crippen molar-refractivity contribution in [1.29, 1.82) is 0 Å². The quantitative estimate of drug-likeness (QED) is 0.656. The fourth-order valence-electron chi connectivity index (χ4n) is 5.39. The van der Waals surface area contributed by atoms with Gasteiger partial charge in [-0.15, -0.1) is 0 Å². The molecule has 1 saturated carbocycles. The van der Waals surface area contributed by atoms with Gasteiger partial charge in [0.2, 0.25) is 0 Å². The lowest BCUT2D eigenvalue weighted by Gasteiger charge is -2.39. The highest BCUT2D eigenvalue weighted by Crippen LogP contribution is 2.43. The van der Waals surface area contributed by atoms with Crippen LogP contribution in [0.4, 0.5) is 4.39 Å². The number of fused-ring (bicyclic) bond motifs is 1. The molecule has 1 saturated heterocycles. The Morgan fingerprint density at radius 2 is 1.90 bits per heavy atom. The number of aryl methyl sites for hydroxylation is 1. The number of rotatable bonds is 5. The van der Waals surface area contributed by atoms with Crippen LogP contribution in [0.1, 0.15) is 30.3 Å². The zero-order chi connectivity index (χ0) is 21.4. The van der Waals surface area contributed by atoms with Gasteiger partial charge in [-0.25, -0.2) is 9.37 Å². The highest BCUT2D eigenvalue weighted by Gasteiger charge is 2.44. The predicted octanol–water partition coefficient (Wildman–Crippen LogP) is 4.57. The van der Waals surface area contributed by atoms with Gasteiger partial charge in [-0.2, -0.15) is 0 Å². The molecule has 1 aromatic heterocycles. The molecule has 4 atom stereocenters. The molecule has 0 bridgehead atoms. The van der Waals surface area contributed by atoms with Crippen LogP contribution in [0.25, 0.3) is 0 Å². The van der Waals surface area contributed by atoms with Crippen molar-refractivity contribution in [3.63, 3.8) is 0 Å². The normalized spacial score (nSPS) is 26.0. The van der Waals surface area contributed by atoms with Crippen LogP contribution in [0.3, 0.4) is 0 Å². The largest absolute Gasteiger partial charge is 0.508 e. The molecule has 5 rings (SSSR count). The summed E-state index contributed by atoms with van der Waals surface area (Å²) in [5.74, 6) is 2.34. The standard InChI is InChI=1S/C25H28FN3O2/c1-17-27-9-10-29(17)23-12-19-15-28(14-18-5-4-6-21(30)11-18)16-20(19)13-25(23)31-24-8-3-2-7-22(24)26/h2-11,19-20,23,25,30H,12-16H2,1H3/t19-,20+,23-,25-/m0/s1. The number of imidazole rings is 1. The molecule has 3 aromatic rings. The first-order chi connectivity index (χ1) is 15.1. The molecule has 2 fully saturated rings. The monoisotopic (exact) mass is 421 g/mol. The molecule has 162 valence electrons. The molecule has 0 unspecified atom stereocenters. The van der Waals surface area contributed by atoms with Crippen LogP contribution < -0.4 is 4.74 Å². The molecule has 1 aliphatic carbocycles. The summed E-state index contributed by atoms with van der Waals surface area (Å²) >= 11 is 0. The van der Waals surface area contributed by atoms with Gasteiger partial charge in [0.15, 0.2) is 11.6 Å². The highest BCUT2D eigenvalue weighted by atomic mass is 19.1. The van der Waals surface area contributed by atoms with E-state index in [2.05, 4.69) is 20.5 Å². The minimum absolute atomic E-state index is 0.105. The van der Waals surface area contributed by atoms with Crippen molar-refractivity contribution in [2.24, 2.45) is 11.8 Å². The number of phenols is 1. The second-order valence-electron chi connectivity index (χ2n) is 8.89. The molecule has 1 aliphatic heterocycles. The van der Waals surface area contributed by atoms with Crippen LogP contribution in [0, 0.1) is 24.6 Å². The van der Waals surface area contributed by atoms with Crippen molar-refractivity contribution in [3.8, 4) is 11.5 Å². The summed E-state index contributed by atoms with van der Waals surface area (Å²) in [6.45, 7) is 4.86. The minimum Gasteiger partial charge on any atom is -0.508 e. The second kappa shape index (κ2) is 8.35. The Balaban J connectivity index is 1.36. The van der Waals surface area contributed by atoms with E-state index >= 15 is 0 Å². The van der Waals surface area contributed by atoms with Crippen LogP contribution in [0.15, 0.2) is 60.9 Å². The van der Waals surface area contributed by atoms with E-state index in [1.807, 2.05) is 37.5 Å². The number of nitrogens with zero attached hydrogens (tertiary/aromatic N) is 3. The third kappa shape index (κ3) is 4.17. The van der Waals surface area contributed by atoms with Gasteiger partial charge < -0.3 is 14.4 Å². The fourth-order valence-corrected chi connectivity index (χ4v) is 5.39. The summed E-state index contributed by atoms with van der Waals surface area (Å²) in [5.41, 5.74) is 1.12. The van der Waals surface area contributed by atoms with Crippen LogP contribution in [-0.4, -0.2) is 38.8 Å². The van der Waals surface area contributed by atoms with E-state index in [0.29, 0.717) is 23.3 Å². The molecule has 0 radical (unpaired) electrons. The smallest absolute Gasteiger partial charge is 0.165 e. The number of aromatic nitrogens is 2. The van der Waals surface area contributed by atoms with Crippen LogP contribution in [0.2, 0.25) is 0 Å². The Morgan fingerprint density at radius 1 is 1.10 bits per heavy atom. The number of aromatic hydroxyl groups is 1. The van der Waals surface area contributed by atoms with E-state index in [0.717, 1.165) is 43.9 Å². The summed E-state index contributed by atoms with van der Waals surface area (Å²) in [6.07, 6.45) is 5.60. The molecule has 5 nitrogen and oxygen atoms in total. The zero-order valence-electron chi connectivity index (χ0n) is 17.7. The predicted molar refractivity (Wildman–Crippen MR) is 116 cm³/mol. The molecule has 2 heterocycles. The maximum absolute atomic E-state index is 14.3. The SMILES string of the molecule is Cc1nccn1[C@H]1C[C@H]2CN(Cc3cccc(O)c3)C[C@H]2C[C@@H]1Oc1ccccc1F.